The van der Waals surface area contributed by atoms with Crippen LogP contribution in [0.4, 0.5) is 5.69 Å². The lowest BCUT2D eigenvalue weighted by Gasteiger charge is -2.31. The number of rotatable bonds is 2. The predicted molar refractivity (Wildman–Crippen MR) is 88.8 cm³/mol. The first-order valence-electron chi connectivity index (χ1n) is 8.08. The summed E-state index contributed by atoms with van der Waals surface area (Å²) in [6.07, 6.45) is 0. The SMILES string of the molecule is C[NH+]1CCN(C(=O)CN2C(=O)c3cccc4cccc2c34)CC1. The van der Waals surface area contributed by atoms with Crippen LogP contribution >= 0.6 is 0 Å². The number of likely N-dealkylation sites (N-methyl/N-ethyl adjacent to an activating group) is 1. The molecule has 5 heteroatoms. The molecule has 0 spiro atoms. The molecule has 0 unspecified atom stereocenters. The molecule has 1 saturated heterocycles. The van der Waals surface area contributed by atoms with Crippen molar-refractivity contribution in [1.82, 2.24) is 4.90 Å². The lowest BCUT2D eigenvalue weighted by atomic mass is 10.1. The van der Waals surface area contributed by atoms with Gasteiger partial charge >= 0.3 is 0 Å². The van der Waals surface area contributed by atoms with Gasteiger partial charge in [-0.15, -0.1) is 0 Å². The maximum Gasteiger partial charge on any atom is 0.259 e. The normalized spacial score (nSPS) is 18.0. The van der Waals surface area contributed by atoms with E-state index < -0.39 is 0 Å². The number of anilines is 1. The van der Waals surface area contributed by atoms with Crippen molar-refractivity contribution in [3.05, 3.63) is 42.0 Å². The van der Waals surface area contributed by atoms with Crippen molar-refractivity contribution >= 4 is 28.3 Å². The number of nitrogens with zero attached hydrogens (tertiary/aromatic N) is 2. The fourth-order valence-electron chi connectivity index (χ4n) is 3.51. The number of benzene rings is 2. The lowest BCUT2D eigenvalue weighted by Crippen LogP contribution is -3.12. The van der Waals surface area contributed by atoms with Crippen molar-refractivity contribution < 1.29 is 14.5 Å². The Kier molecular flexibility index (Phi) is 3.31. The largest absolute Gasteiger partial charge is 0.334 e. The van der Waals surface area contributed by atoms with Crippen LogP contribution in [0.25, 0.3) is 10.8 Å². The first-order chi connectivity index (χ1) is 11.1. The van der Waals surface area contributed by atoms with Crippen LogP contribution in [0.1, 0.15) is 10.4 Å². The van der Waals surface area contributed by atoms with E-state index in [1.165, 1.54) is 4.90 Å². The van der Waals surface area contributed by atoms with Gasteiger partial charge in [-0.25, -0.2) is 0 Å². The Labute approximate surface area is 135 Å². The molecule has 0 aromatic heterocycles. The van der Waals surface area contributed by atoms with Gasteiger partial charge < -0.3 is 9.80 Å². The highest BCUT2D eigenvalue weighted by Gasteiger charge is 2.32. The van der Waals surface area contributed by atoms with Crippen molar-refractivity contribution in [3.63, 3.8) is 0 Å². The minimum atomic E-state index is -0.0649. The molecule has 23 heavy (non-hydrogen) atoms. The fourth-order valence-corrected chi connectivity index (χ4v) is 3.51. The summed E-state index contributed by atoms with van der Waals surface area (Å²) in [5, 5.41) is 2.02. The summed E-state index contributed by atoms with van der Waals surface area (Å²) in [6.45, 7) is 3.60. The first kappa shape index (κ1) is 14.2. The number of carbonyl (C=O) groups is 2. The number of nitrogens with one attached hydrogen (secondary N) is 1. The number of carbonyl (C=O) groups excluding carboxylic acids is 2. The minimum absolute atomic E-state index is 0.0376. The van der Waals surface area contributed by atoms with Gasteiger partial charge in [-0.3, -0.25) is 14.5 Å². The molecule has 0 aliphatic carbocycles. The summed E-state index contributed by atoms with van der Waals surface area (Å²) in [7, 11) is 2.14. The molecule has 1 N–H and O–H groups in total. The second kappa shape index (κ2) is 5.35. The maximum absolute atomic E-state index is 12.7. The van der Waals surface area contributed by atoms with E-state index in [4.69, 9.17) is 0 Å². The molecule has 0 bridgehead atoms. The average Bonchev–Trinajstić information content (AvgIpc) is 2.84. The van der Waals surface area contributed by atoms with Crippen molar-refractivity contribution in [2.45, 2.75) is 0 Å². The smallest absolute Gasteiger partial charge is 0.259 e. The number of hydrogen-bond donors (Lipinski definition) is 1. The fraction of sp³-hybridized carbons (Fsp3) is 0.333. The molecule has 4 rings (SSSR count). The van der Waals surface area contributed by atoms with Gasteiger partial charge in [0.15, 0.2) is 0 Å². The van der Waals surface area contributed by atoms with Crippen LogP contribution < -0.4 is 9.80 Å². The monoisotopic (exact) mass is 310 g/mol. The van der Waals surface area contributed by atoms with E-state index in [1.54, 1.807) is 4.90 Å². The third-order valence-electron chi connectivity index (χ3n) is 4.91. The standard InChI is InChI=1S/C18H19N3O2/c1-19-8-10-20(11-9-19)16(22)12-21-15-7-3-5-13-4-2-6-14(17(13)15)18(21)23/h2-7H,8-12H2,1H3/p+1. The van der Waals surface area contributed by atoms with Gasteiger partial charge in [-0.1, -0.05) is 24.3 Å². The van der Waals surface area contributed by atoms with Gasteiger partial charge in [0, 0.05) is 10.9 Å². The molecular weight excluding hydrogens is 290 g/mol. The Hall–Kier alpha value is -2.40. The van der Waals surface area contributed by atoms with Gasteiger partial charge in [0.2, 0.25) is 5.91 Å². The van der Waals surface area contributed by atoms with Crippen LogP contribution in [0.15, 0.2) is 36.4 Å². The number of piperazine rings is 1. The number of hydrogen-bond acceptors (Lipinski definition) is 2. The van der Waals surface area contributed by atoms with Crippen LogP contribution in [-0.4, -0.2) is 56.5 Å². The summed E-state index contributed by atoms with van der Waals surface area (Å²) in [5.41, 5.74) is 1.56. The quantitative estimate of drug-likeness (QED) is 0.859. The maximum atomic E-state index is 12.7. The number of amides is 2. The molecule has 0 saturated carbocycles. The van der Waals surface area contributed by atoms with Gasteiger partial charge in [-0.05, 0) is 17.5 Å². The van der Waals surface area contributed by atoms with Crippen LogP contribution in [-0.2, 0) is 4.79 Å². The Morgan fingerprint density at radius 2 is 1.83 bits per heavy atom. The molecule has 2 aromatic carbocycles. The molecule has 2 aliphatic heterocycles. The van der Waals surface area contributed by atoms with E-state index in [0.29, 0.717) is 5.56 Å². The molecule has 118 valence electrons. The first-order valence-corrected chi connectivity index (χ1v) is 8.08. The second-order valence-electron chi connectivity index (χ2n) is 6.41. The van der Waals surface area contributed by atoms with Crippen LogP contribution in [0, 0.1) is 0 Å². The molecule has 2 aliphatic rings. The van der Waals surface area contributed by atoms with Gasteiger partial charge in [0.1, 0.15) is 6.54 Å². The van der Waals surface area contributed by atoms with Gasteiger partial charge in [-0.2, -0.15) is 0 Å². The average molecular weight is 310 g/mol. The summed E-state index contributed by atoms with van der Waals surface area (Å²) in [4.78, 5) is 30.3. The second-order valence-corrected chi connectivity index (χ2v) is 6.41. The van der Waals surface area contributed by atoms with Crippen molar-refractivity contribution in [1.29, 1.82) is 0 Å². The summed E-state index contributed by atoms with van der Waals surface area (Å²) in [5.74, 6) is -0.0273. The van der Waals surface area contributed by atoms with Crippen LogP contribution in [0.3, 0.4) is 0 Å². The molecule has 0 radical (unpaired) electrons. The van der Waals surface area contributed by atoms with Crippen molar-refractivity contribution in [3.8, 4) is 0 Å². The predicted octanol–water partition coefficient (Wildman–Crippen LogP) is 0.157. The summed E-state index contributed by atoms with van der Waals surface area (Å²) >= 11 is 0. The molecule has 2 heterocycles. The Morgan fingerprint density at radius 1 is 1.13 bits per heavy atom. The highest BCUT2D eigenvalue weighted by Crippen LogP contribution is 2.36. The van der Waals surface area contributed by atoms with E-state index in [2.05, 4.69) is 7.05 Å². The Bertz CT molecular complexity index is 789. The van der Waals surface area contributed by atoms with Gasteiger partial charge in [0.05, 0.1) is 38.9 Å². The lowest BCUT2D eigenvalue weighted by molar-refractivity contribution is -0.883. The van der Waals surface area contributed by atoms with Crippen molar-refractivity contribution in [2.24, 2.45) is 0 Å². The highest BCUT2D eigenvalue weighted by atomic mass is 16.2. The zero-order valence-electron chi connectivity index (χ0n) is 13.2. The molecule has 1 fully saturated rings. The zero-order chi connectivity index (χ0) is 16.0. The molecule has 5 nitrogen and oxygen atoms in total. The zero-order valence-corrected chi connectivity index (χ0v) is 13.2. The number of quaternary nitrogens is 1. The highest BCUT2D eigenvalue weighted by molar-refractivity contribution is 6.26. The Morgan fingerprint density at radius 3 is 2.57 bits per heavy atom. The molecule has 0 atom stereocenters. The molecule has 2 amide bonds. The van der Waals surface area contributed by atoms with E-state index in [9.17, 15) is 9.59 Å². The van der Waals surface area contributed by atoms with E-state index in [1.807, 2.05) is 41.3 Å². The topological polar surface area (TPSA) is 45.1 Å². The summed E-state index contributed by atoms with van der Waals surface area (Å²) < 4.78 is 0. The van der Waals surface area contributed by atoms with Crippen LogP contribution in [0.2, 0.25) is 0 Å². The summed E-state index contributed by atoms with van der Waals surface area (Å²) in [6, 6.07) is 11.6. The third kappa shape index (κ3) is 2.28. The van der Waals surface area contributed by atoms with Crippen LogP contribution in [0.5, 0.6) is 0 Å². The Balaban J connectivity index is 1.60. The van der Waals surface area contributed by atoms with Crippen molar-refractivity contribution in [2.75, 3.05) is 44.7 Å². The van der Waals surface area contributed by atoms with Gasteiger partial charge in [0.25, 0.3) is 5.91 Å². The van der Waals surface area contributed by atoms with E-state index in [-0.39, 0.29) is 18.4 Å². The third-order valence-corrected chi connectivity index (χ3v) is 4.91. The molecule has 2 aromatic rings. The minimum Gasteiger partial charge on any atom is -0.334 e. The van der Waals surface area contributed by atoms with E-state index in [0.717, 1.165) is 42.6 Å². The van der Waals surface area contributed by atoms with E-state index >= 15 is 0 Å². The molecular formula is C18H20N3O2+.